The van der Waals surface area contributed by atoms with Crippen molar-refractivity contribution in [2.45, 2.75) is 0 Å². The molecular weight excluding hydrogens is 256 g/mol. The molecule has 0 spiro atoms. The van der Waals surface area contributed by atoms with E-state index in [9.17, 15) is 4.79 Å². The van der Waals surface area contributed by atoms with Crippen LogP contribution in [0.4, 0.5) is 0 Å². The Morgan fingerprint density at radius 2 is 2.33 bits per heavy atom. The molecule has 0 aliphatic carbocycles. The Labute approximate surface area is 108 Å². The normalized spacial score (nSPS) is 10.3. The summed E-state index contributed by atoms with van der Waals surface area (Å²) in [6.07, 6.45) is 2.95. The fourth-order valence-corrected chi connectivity index (χ4v) is 1.70. The highest BCUT2D eigenvalue weighted by atomic mass is 35.5. The Hall–Kier alpha value is -1.92. The zero-order chi connectivity index (χ0) is 13.0. The van der Waals surface area contributed by atoms with Crippen molar-refractivity contribution in [2.75, 3.05) is 13.2 Å². The maximum Gasteiger partial charge on any atom is 0.252 e. The lowest BCUT2D eigenvalue weighted by molar-refractivity contribution is 0.0945. The third-order valence-electron chi connectivity index (χ3n) is 2.28. The van der Waals surface area contributed by atoms with E-state index in [2.05, 4.69) is 15.4 Å². The van der Waals surface area contributed by atoms with E-state index < -0.39 is 0 Å². The molecule has 94 valence electrons. The molecule has 0 unspecified atom stereocenters. The molecule has 0 saturated heterocycles. The molecule has 2 rings (SSSR count). The summed E-state index contributed by atoms with van der Waals surface area (Å²) in [6, 6.07) is 4.95. The van der Waals surface area contributed by atoms with E-state index in [0.29, 0.717) is 10.6 Å². The van der Waals surface area contributed by atoms with Crippen molar-refractivity contribution in [1.82, 2.24) is 20.1 Å². The SMILES string of the molecule is O=C(NCCO)c1ccc(-n2cncn2)cc1Cl. The first-order valence-corrected chi connectivity index (χ1v) is 5.64. The van der Waals surface area contributed by atoms with E-state index in [1.54, 1.807) is 22.9 Å². The number of nitrogens with zero attached hydrogens (tertiary/aromatic N) is 3. The molecule has 1 aromatic carbocycles. The lowest BCUT2D eigenvalue weighted by Gasteiger charge is -2.07. The van der Waals surface area contributed by atoms with Crippen molar-refractivity contribution >= 4 is 17.5 Å². The number of amides is 1. The van der Waals surface area contributed by atoms with E-state index in [-0.39, 0.29) is 19.1 Å². The van der Waals surface area contributed by atoms with Gasteiger partial charge in [0, 0.05) is 6.54 Å². The van der Waals surface area contributed by atoms with Crippen LogP contribution in [-0.2, 0) is 0 Å². The van der Waals surface area contributed by atoms with Crippen LogP contribution < -0.4 is 5.32 Å². The summed E-state index contributed by atoms with van der Waals surface area (Å²) in [7, 11) is 0. The van der Waals surface area contributed by atoms with Crippen molar-refractivity contribution in [1.29, 1.82) is 0 Å². The summed E-state index contributed by atoms with van der Waals surface area (Å²) >= 11 is 6.04. The molecule has 18 heavy (non-hydrogen) atoms. The van der Waals surface area contributed by atoms with Crippen LogP contribution in [0.2, 0.25) is 5.02 Å². The van der Waals surface area contributed by atoms with Gasteiger partial charge in [0.05, 0.1) is 22.9 Å². The molecule has 1 aromatic heterocycles. The van der Waals surface area contributed by atoms with Gasteiger partial charge in [-0.25, -0.2) is 9.67 Å². The maximum atomic E-state index is 11.7. The van der Waals surface area contributed by atoms with Crippen molar-refractivity contribution in [3.8, 4) is 5.69 Å². The van der Waals surface area contributed by atoms with Gasteiger partial charge < -0.3 is 10.4 Å². The highest BCUT2D eigenvalue weighted by Crippen LogP contribution is 2.19. The molecule has 0 aliphatic heterocycles. The van der Waals surface area contributed by atoms with Crippen molar-refractivity contribution in [3.05, 3.63) is 41.4 Å². The summed E-state index contributed by atoms with van der Waals surface area (Å²) < 4.78 is 1.54. The zero-order valence-electron chi connectivity index (χ0n) is 9.38. The Morgan fingerprint density at radius 3 is 2.94 bits per heavy atom. The molecule has 0 saturated carbocycles. The topological polar surface area (TPSA) is 80.0 Å². The van der Waals surface area contributed by atoms with E-state index in [4.69, 9.17) is 16.7 Å². The molecule has 0 aliphatic rings. The first kappa shape index (κ1) is 12.5. The van der Waals surface area contributed by atoms with Gasteiger partial charge in [0.25, 0.3) is 5.91 Å². The van der Waals surface area contributed by atoms with Crippen LogP contribution in [0.1, 0.15) is 10.4 Å². The van der Waals surface area contributed by atoms with Crippen LogP contribution in [0.3, 0.4) is 0 Å². The number of halogens is 1. The van der Waals surface area contributed by atoms with Crippen molar-refractivity contribution < 1.29 is 9.90 Å². The zero-order valence-corrected chi connectivity index (χ0v) is 10.1. The number of hydrogen-bond acceptors (Lipinski definition) is 4. The average molecular weight is 267 g/mol. The van der Waals surface area contributed by atoms with E-state index in [0.717, 1.165) is 5.69 Å². The number of hydrogen-bond donors (Lipinski definition) is 2. The summed E-state index contributed by atoms with van der Waals surface area (Å²) in [6.45, 7) is 0.0837. The van der Waals surface area contributed by atoms with Gasteiger partial charge in [-0.05, 0) is 18.2 Å². The summed E-state index contributed by atoms with van der Waals surface area (Å²) in [4.78, 5) is 15.5. The highest BCUT2D eigenvalue weighted by molar-refractivity contribution is 6.34. The first-order valence-electron chi connectivity index (χ1n) is 5.26. The second kappa shape index (κ2) is 5.61. The summed E-state index contributed by atoms with van der Waals surface area (Å²) in [5.41, 5.74) is 1.07. The second-order valence-corrected chi connectivity index (χ2v) is 3.89. The Kier molecular flexibility index (Phi) is 3.91. The fraction of sp³-hybridized carbons (Fsp3) is 0.182. The molecule has 0 atom stereocenters. The molecule has 6 nitrogen and oxygen atoms in total. The standard InChI is InChI=1S/C11H11ClN4O2/c12-10-5-8(16-7-13-6-15-16)1-2-9(10)11(18)14-3-4-17/h1-2,5-7,17H,3-4H2,(H,14,18). The monoisotopic (exact) mass is 266 g/mol. The lowest BCUT2D eigenvalue weighted by Crippen LogP contribution is -2.26. The van der Waals surface area contributed by atoms with Crippen LogP contribution in [-0.4, -0.2) is 38.9 Å². The molecule has 2 N–H and O–H groups in total. The van der Waals surface area contributed by atoms with Gasteiger partial charge in [0.1, 0.15) is 12.7 Å². The summed E-state index contributed by atoms with van der Waals surface area (Å²) in [5.74, 6) is -0.320. The minimum absolute atomic E-state index is 0.111. The van der Waals surface area contributed by atoms with Gasteiger partial charge in [-0.1, -0.05) is 11.6 Å². The maximum absolute atomic E-state index is 11.7. The number of carbonyl (C=O) groups excluding carboxylic acids is 1. The van der Waals surface area contributed by atoms with E-state index >= 15 is 0 Å². The largest absolute Gasteiger partial charge is 0.395 e. The predicted molar refractivity (Wildman–Crippen MR) is 65.8 cm³/mol. The van der Waals surface area contributed by atoms with Gasteiger partial charge in [0.15, 0.2) is 0 Å². The number of benzene rings is 1. The average Bonchev–Trinajstić information content (AvgIpc) is 2.89. The number of carbonyl (C=O) groups is 1. The molecular formula is C11H11ClN4O2. The quantitative estimate of drug-likeness (QED) is 0.851. The van der Waals surface area contributed by atoms with Crippen LogP contribution in [0.15, 0.2) is 30.9 Å². The van der Waals surface area contributed by atoms with Gasteiger partial charge in [-0.15, -0.1) is 0 Å². The van der Waals surface area contributed by atoms with Gasteiger partial charge in [0.2, 0.25) is 0 Å². The molecule has 2 aromatic rings. The number of nitrogens with one attached hydrogen (secondary N) is 1. The Bertz CT molecular complexity index is 542. The minimum atomic E-state index is -0.320. The second-order valence-electron chi connectivity index (χ2n) is 3.48. The third kappa shape index (κ3) is 2.66. The summed E-state index contributed by atoms with van der Waals surface area (Å²) in [5, 5.41) is 15.5. The highest BCUT2D eigenvalue weighted by Gasteiger charge is 2.10. The smallest absolute Gasteiger partial charge is 0.252 e. The van der Waals surface area contributed by atoms with E-state index in [1.165, 1.54) is 12.7 Å². The van der Waals surface area contributed by atoms with Crippen LogP contribution in [0.25, 0.3) is 5.69 Å². The molecule has 0 radical (unpaired) electrons. The van der Waals surface area contributed by atoms with Crippen LogP contribution in [0, 0.1) is 0 Å². The Morgan fingerprint density at radius 1 is 1.50 bits per heavy atom. The molecule has 7 heteroatoms. The van der Waals surface area contributed by atoms with Gasteiger partial charge in [-0.2, -0.15) is 5.10 Å². The number of aromatic nitrogens is 3. The fourth-order valence-electron chi connectivity index (χ4n) is 1.44. The molecule has 1 amide bonds. The number of aliphatic hydroxyl groups excluding tert-OH is 1. The Balaban J connectivity index is 2.23. The van der Waals surface area contributed by atoms with Crippen molar-refractivity contribution in [2.24, 2.45) is 0 Å². The number of aliphatic hydroxyl groups is 1. The minimum Gasteiger partial charge on any atom is -0.395 e. The van der Waals surface area contributed by atoms with Crippen LogP contribution in [0.5, 0.6) is 0 Å². The van der Waals surface area contributed by atoms with Crippen molar-refractivity contribution in [3.63, 3.8) is 0 Å². The molecule has 0 bridgehead atoms. The molecule has 0 fully saturated rings. The lowest BCUT2D eigenvalue weighted by atomic mass is 10.2. The predicted octanol–water partition coefficient (Wildman–Crippen LogP) is 0.643. The van der Waals surface area contributed by atoms with Gasteiger partial charge >= 0.3 is 0 Å². The first-order chi connectivity index (χ1) is 8.72. The molecule has 1 heterocycles. The third-order valence-corrected chi connectivity index (χ3v) is 2.59. The van der Waals surface area contributed by atoms with Gasteiger partial charge in [-0.3, -0.25) is 4.79 Å². The van der Waals surface area contributed by atoms with E-state index in [1.807, 2.05) is 0 Å². The van der Waals surface area contributed by atoms with Crippen LogP contribution >= 0.6 is 11.6 Å². The number of rotatable bonds is 4.